The number of anilines is 1. The lowest BCUT2D eigenvalue weighted by Crippen LogP contribution is -2.20. The quantitative estimate of drug-likeness (QED) is 0.569. The van der Waals surface area contributed by atoms with E-state index in [-0.39, 0.29) is 0 Å². The number of nitrogen functional groups attached to an aromatic ring is 1. The van der Waals surface area contributed by atoms with Gasteiger partial charge in [0.25, 0.3) is 0 Å². The van der Waals surface area contributed by atoms with Gasteiger partial charge < -0.3 is 11.1 Å². The van der Waals surface area contributed by atoms with Crippen LogP contribution in [0.2, 0.25) is 0 Å². The van der Waals surface area contributed by atoms with E-state index in [1.54, 1.807) is 0 Å². The van der Waals surface area contributed by atoms with Crippen LogP contribution < -0.4 is 11.1 Å². The number of rotatable bonds is 5. The molecule has 1 fully saturated rings. The Bertz CT molecular complexity index is 305. The van der Waals surface area contributed by atoms with Gasteiger partial charge in [0.15, 0.2) is 0 Å². The number of benzene rings is 1. The number of nitrogens with one attached hydrogen (secondary N) is 1. The van der Waals surface area contributed by atoms with Crippen molar-refractivity contribution in [3.8, 4) is 0 Å². The maximum absolute atomic E-state index is 5.63. The van der Waals surface area contributed by atoms with Gasteiger partial charge in [0, 0.05) is 5.69 Å². The van der Waals surface area contributed by atoms with Crippen LogP contribution >= 0.6 is 0 Å². The molecule has 82 valence electrons. The first kappa shape index (κ1) is 10.5. The highest BCUT2D eigenvalue weighted by atomic mass is 14.9. The summed E-state index contributed by atoms with van der Waals surface area (Å²) in [4.78, 5) is 0. The second-order valence-corrected chi connectivity index (χ2v) is 4.67. The lowest BCUT2D eigenvalue weighted by Gasteiger charge is -2.04. The van der Waals surface area contributed by atoms with Gasteiger partial charge in [-0.15, -0.1) is 0 Å². The largest absolute Gasteiger partial charge is 0.399 e. The van der Waals surface area contributed by atoms with Gasteiger partial charge in [-0.2, -0.15) is 0 Å². The molecule has 0 heterocycles. The monoisotopic (exact) mass is 204 g/mol. The highest BCUT2D eigenvalue weighted by Crippen LogP contribution is 2.36. The molecule has 1 aromatic carbocycles. The summed E-state index contributed by atoms with van der Waals surface area (Å²) >= 11 is 0. The van der Waals surface area contributed by atoms with Crippen LogP contribution in [0.25, 0.3) is 0 Å². The van der Waals surface area contributed by atoms with Crippen LogP contribution in [-0.2, 0) is 6.42 Å². The van der Waals surface area contributed by atoms with E-state index in [4.69, 9.17) is 5.73 Å². The van der Waals surface area contributed by atoms with Crippen LogP contribution in [0.4, 0.5) is 5.69 Å². The number of nitrogens with two attached hydrogens (primary N) is 1. The standard InChI is InChI=1S/C13H20N2/c1-10-8-12(10)9-15-7-6-11-2-4-13(14)5-3-11/h2-5,10,12,15H,6-9,14H2,1H3. The van der Waals surface area contributed by atoms with Crippen molar-refractivity contribution in [3.05, 3.63) is 29.8 Å². The highest BCUT2D eigenvalue weighted by Gasteiger charge is 2.31. The van der Waals surface area contributed by atoms with Crippen LogP contribution in [0.5, 0.6) is 0 Å². The molecule has 1 aliphatic carbocycles. The first-order chi connectivity index (χ1) is 7.25. The van der Waals surface area contributed by atoms with Gasteiger partial charge >= 0.3 is 0 Å². The van der Waals surface area contributed by atoms with E-state index < -0.39 is 0 Å². The van der Waals surface area contributed by atoms with Gasteiger partial charge in [0.1, 0.15) is 0 Å². The summed E-state index contributed by atoms with van der Waals surface area (Å²) in [6.45, 7) is 4.59. The SMILES string of the molecule is CC1CC1CNCCc1ccc(N)cc1. The Balaban J connectivity index is 1.63. The molecule has 0 bridgehead atoms. The van der Waals surface area contributed by atoms with Gasteiger partial charge in [-0.3, -0.25) is 0 Å². The zero-order valence-corrected chi connectivity index (χ0v) is 9.37. The molecule has 3 N–H and O–H groups in total. The van der Waals surface area contributed by atoms with Crippen molar-refractivity contribution in [2.45, 2.75) is 19.8 Å². The van der Waals surface area contributed by atoms with Crippen LogP contribution in [-0.4, -0.2) is 13.1 Å². The maximum Gasteiger partial charge on any atom is 0.0314 e. The average Bonchev–Trinajstić information content (AvgIpc) is 2.92. The van der Waals surface area contributed by atoms with Crippen LogP contribution in [0.3, 0.4) is 0 Å². The van der Waals surface area contributed by atoms with Crippen LogP contribution in [0, 0.1) is 11.8 Å². The molecule has 0 radical (unpaired) electrons. The fourth-order valence-electron chi connectivity index (χ4n) is 1.89. The molecule has 0 spiro atoms. The van der Waals surface area contributed by atoms with Crippen molar-refractivity contribution < 1.29 is 0 Å². The summed E-state index contributed by atoms with van der Waals surface area (Å²) in [7, 11) is 0. The molecule has 2 unspecified atom stereocenters. The van der Waals surface area contributed by atoms with E-state index in [0.29, 0.717) is 0 Å². The van der Waals surface area contributed by atoms with Gasteiger partial charge in [-0.1, -0.05) is 19.1 Å². The molecule has 15 heavy (non-hydrogen) atoms. The molecule has 1 aromatic rings. The van der Waals surface area contributed by atoms with E-state index in [2.05, 4.69) is 24.4 Å². The van der Waals surface area contributed by atoms with Crippen molar-refractivity contribution in [3.63, 3.8) is 0 Å². The predicted octanol–water partition coefficient (Wildman–Crippen LogP) is 2.06. The Kier molecular flexibility index (Phi) is 3.27. The Morgan fingerprint density at radius 2 is 2.00 bits per heavy atom. The molecule has 0 amide bonds. The average molecular weight is 204 g/mol. The van der Waals surface area contributed by atoms with Crippen molar-refractivity contribution in [1.29, 1.82) is 0 Å². The minimum Gasteiger partial charge on any atom is -0.399 e. The molecule has 2 rings (SSSR count). The smallest absolute Gasteiger partial charge is 0.0314 e. The molecule has 0 aliphatic heterocycles. The van der Waals surface area contributed by atoms with Crippen LogP contribution in [0.15, 0.2) is 24.3 Å². The number of hydrogen-bond acceptors (Lipinski definition) is 2. The summed E-state index contributed by atoms with van der Waals surface area (Å²) in [6, 6.07) is 8.16. The fraction of sp³-hybridized carbons (Fsp3) is 0.538. The third kappa shape index (κ3) is 3.24. The topological polar surface area (TPSA) is 38.0 Å². The maximum atomic E-state index is 5.63. The third-order valence-corrected chi connectivity index (χ3v) is 3.25. The summed E-state index contributed by atoms with van der Waals surface area (Å²) in [5, 5.41) is 3.51. The Hall–Kier alpha value is -1.02. The van der Waals surface area contributed by atoms with Gasteiger partial charge in [-0.05, 0) is 55.5 Å². The van der Waals surface area contributed by atoms with Gasteiger partial charge in [0.2, 0.25) is 0 Å². The second-order valence-electron chi connectivity index (χ2n) is 4.67. The molecule has 2 heteroatoms. The van der Waals surface area contributed by atoms with Crippen molar-refractivity contribution >= 4 is 5.69 Å². The molecule has 2 nitrogen and oxygen atoms in total. The lowest BCUT2D eigenvalue weighted by molar-refractivity contribution is 0.612. The van der Waals surface area contributed by atoms with E-state index >= 15 is 0 Å². The minimum atomic E-state index is 0.846. The Labute approximate surface area is 91.9 Å². The molecule has 0 aromatic heterocycles. The molecule has 2 atom stereocenters. The minimum absolute atomic E-state index is 0.846. The summed E-state index contributed by atoms with van der Waals surface area (Å²) in [6.07, 6.45) is 2.51. The molecule has 1 saturated carbocycles. The Morgan fingerprint density at radius 3 is 2.60 bits per heavy atom. The lowest BCUT2D eigenvalue weighted by atomic mass is 10.1. The van der Waals surface area contributed by atoms with E-state index in [1.165, 1.54) is 18.5 Å². The first-order valence-electron chi connectivity index (χ1n) is 5.81. The first-order valence-corrected chi connectivity index (χ1v) is 5.81. The van der Waals surface area contributed by atoms with E-state index in [9.17, 15) is 0 Å². The van der Waals surface area contributed by atoms with E-state index in [0.717, 1.165) is 30.5 Å². The molecular formula is C13H20N2. The van der Waals surface area contributed by atoms with E-state index in [1.807, 2.05) is 12.1 Å². The van der Waals surface area contributed by atoms with Crippen molar-refractivity contribution in [2.24, 2.45) is 11.8 Å². The normalized spacial score (nSPS) is 24.1. The number of hydrogen-bond donors (Lipinski definition) is 2. The summed E-state index contributed by atoms with van der Waals surface area (Å²) in [5.74, 6) is 1.89. The highest BCUT2D eigenvalue weighted by molar-refractivity contribution is 5.39. The predicted molar refractivity (Wildman–Crippen MR) is 64.7 cm³/mol. The van der Waals surface area contributed by atoms with Gasteiger partial charge in [0.05, 0.1) is 0 Å². The summed E-state index contributed by atoms with van der Waals surface area (Å²) in [5.41, 5.74) is 7.84. The molecule has 0 saturated heterocycles. The zero-order chi connectivity index (χ0) is 10.7. The fourth-order valence-corrected chi connectivity index (χ4v) is 1.89. The van der Waals surface area contributed by atoms with Gasteiger partial charge in [-0.25, -0.2) is 0 Å². The Morgan fingerprint density at radius 1 is 1.33 bits per heavy atom. The third-order valence-electron chi connectivity index (χ3n) is 3.25. The second kappa shape index (κ2) is 4.67. The van der Waals surface area contributed by atoms with Crippen LogP contribution in [0.1, 0.15) is 18.9 Å². The molecule has 1 aliphatic rings. The van der Waals surface area contributed by atoms with Crippen molar-refractivity contribution in [1.82, 2.24) is 5.32 Å². The summed E-state index contributed by atoms with van der Waals surface area (Å²) < 4.78 is 0. The molecular weight excluding hydrogens is 184 g/mol. The van der Waals surface area contributed by atoms with Crippen molar-refractivity contribution in [2.75, 3.05) is 18.8 Å². The zero-order valence-electron chi connectivity index (χ0n) is 9.37.